The van der Waals surface area contributed by atoms with E-state index in [4.69, 9.17) is 0 Å². The maximum atomic E-state index is 10.8. The van der Waals surface area contributed by atoms with Crippen LogP contribution in [0.1, 0.15) is 117 Å². The summed E-state index contributed by atoms with van der Waals surface area (Å²) in [5.41, 5.74) is 2.46. The van der Waals surface area contributed by atoms with Gasteiger partial charge in [-0.15, -0.1) is 0 Å². The van der Waals surface area contributed by atoms with E-state index in [-0.39, 0.29) is 12.2 Å². The Morgan fingerprint density at radius 3 is 2.50 bits per heavy atom. The van der Waals surface area contributed by atoms with E-state index in [0.717, 1.165) is 48.9 Å². The van der Waals surface area contributed by atoms with Crippen molar-refractivity contribution in [3.8, 4) is 0 Å². The van der Waals surface area contributed by atoms with Gasteiger partial charge in [-0.2, -0.15) is 0 Å². The summed E-state index contributed by atoms with van der Waals surface area (Å²) in [4.78, 5) is 0. The average Bonchev–Trinajstić information content (AvgIpc) is 3.15. The van der Waals surface area contributed by atoms with Crippen molar-refractivity contribution in [1.82, 2.24) is 0 Å². The first-order valence-electron chi connectivity index (χ1n) is 14.4. The second-order valence-electron chi connectivity index (χ2n) is 13.4. The van der Waals surface area contributed by atoms with E-state index in [2.05, 4.69) is 26.8 Å². The van der Waals surface area contributed by atoms with Crippen molar-refractivity contribution >= 4 is 0 Å². The summed E-state index contributed by atoms with van der Waals surface area (Å²) in [6.45, 7) is 7.72. The smallest absolute Gasteiger partial charge is 0.0577 e. The molecule has 0 aliphatic heterocycles. The minimum Gasteiger partial charge on any atom is -0.393 e. The SMILES string of the molecule is CC(CCC(O)C1CCCCC1)C1CCC2C3CC=C4C[C@@H](O)CCC4(C)C3CCC12C. The summed E-state index contributed by atoms with van der Waals surface area (Å²) < 4.78 is 0. The molecule has 4 saturated carbocycles. The monoisotopic (exact) mass is 442 g/mol. The minimum absolute atomic E-state index is 0.0537. The van der Waals surface area contributed by atoms with Gasteiger partial charge < -0.3 is 10.2 Å². The molecule has 0 amide bonds. The molecular weight excluding hydrogens is 392 g/mol. The topological polar surface area (TPSA) is 40.5 Å². The molecule has 0 heterocycles. The van der Waals surface area contributed by atoms with E-state index < -0.39 is 0 Å². The molecule has 2 nitrogen and oxygen atoms in total. The summed E-state index contributed by atoms with van der Waals surface area (Å²) in [5, 5.41) is 21.1. The zero-order valence-corrected chi connectivity index (χ0v) is 21.2. The van der Waals surface area contributed by atoms with Crippen LogP contribution in [-0.4, -0.2) is 22.4 Å². The number of hydrogen-bond acceptors (Lipinski definition) is 2. The molecule has 5 aliphatic carbocycles. The lowest BCUT2D eigenvalue weighted by Gasteiger charge is -2.58. The molecule has 9 atom stereocenters. The summed E-state index contributed by atoms with van der Waals surface area (Å²) >= 11 is 0. The van der Waals surface area contributed by atoms with E-state index in [1.165, 1.54) is 77.0 Å². The first kappa shape index (κ1) is 23.4. The third-order valence-electron chi connectivity index (χ3n) is 11.9. The largest absolute Gasteiger partial charge is 0.393 e. The second kappa shape index (κ2) is 9.03. The highest BCUT2D eigenvalue weighted by atomic mass is 16.3. The maximum absolute atomic E-state index is 10.8. The van der Waals surface area contributed by atoms with Gasteiger partial charge in [0.1, 0.15) is 0 Å². The van der Waals surface area contributed by atoms with Crippen molar-refractivity contribution in [2.24, 2.45) is 46.3 Å². The quantitative estimate of drug-likeness (QED) is 0.439. The van der Waals surface area contributed by atoms with Gasteiger partial charge >= 0.3 is 0 Å². The van der Waals surface area contributed by atoms with Gasteiger partial charge in [-0.1, -0.05) is 51.7 Å². The van der Waals surface area contributed by atoms with Crippen LogP contribution in [0.3, 0.4) is 0 Å². The van der Waals surface area contributed by atoms with E-state index in [0.29, 0.717) is 16.7 Å². The summed E-state index contributed by atoms with van der Waals surface area (Å²) in [5.74, 6) is 4.76. The van der Waals surface area contributed by atoms with Crippen LogP contribution in [0.15, 0.2) is 11.6 Å². The fraction of sp³-hybridized carbons (Fsp3) is 0.933. The normalized spacial score (nSPS) is 46.5. The Hall–Kier alpha value is -0.340. The zero-order valence-electron chi connectivity index (χ0n) is 21.2. The Morgan fingerprint density at radius 2 is 1.72 bits per heavy atom. The molecule has 0 aromatic carbocycles. The van der Waals surface area contributed by atoms with Crippen molar-refractivity contribution in [2.75, 3.05) is 0 Å². The molecule has 0 radical (unpaired) electrons. The van der Waals surface area contributed by atoms with Crippen LogP contribution >= 0.6 is 0 Å². The van der Waals surface area contributed by atoms with Gasteiger partial charge in [0.25, 0.3) is 0 Å². The molecule has 8 unspecified atom stereocenters. The third-order valence-corrected chi connectivity index (χ3v) is 11.9. The molecule has 182 valence electrons. The number of fused-ring (bicyclic) bond motifs is 5. The molecule has 2 heteroatoms. The number of aliphatic hydroxyl groups excluding tert-OH is 2. The molecule has 0 aromatic rings. The lowest BCUT2D eigenvalue weighted by Crippen LogP contribution is -2.50. The van der Waals surface area contributed by atoms with Gasteiger partial charge in [0.2, 0.25) is 0 Å². The average molecular weight is 443 g/mol. The van der Waals surface area contributed by atoms with Crippen LogP contribution in [0, 0.1) is 46.3 Å². The van der Waals surface area contributed by atoms with Crippen LogP contribution in [-0.2, 0) is 0 Å². The molecule has 5 rings (SSSR count). The molecular formula is C30H50O2. The van der Waals surface area contributed by atoms with Crippen molar-refractivity contribution in [3.63, 3.8) is 0 Å². The molecule has 0 spiro atoms. The second-order valence-corrected chi connectivity index (χ2v) is 13.4. The first-order valence-corrected chi connectivity index (χ1v) is 14.4. The fourth-order valence-corrected chi connectivity index (χ4v) is 10.0. The standard InChI is InChI=1S/C30H50O2/c1-20(9-14-28(32)21-7-5-4-6-8-21)25-12-13-26-24-11-10-22-19-23(31)15-17-29(22,2)27(24)16-18-30(25,26)3/h10,20-21,23-28,31-32H,4-9,11-19H2,1-3H3/t20?,23-,24?,25?,26?,27?,28?,29?,30?/m0/s1. The van der Waals surface area contributed by atoms with Crippen LogP contribution in [0.25, 0.3) is 0 Å². The van der Waals surface area contributed by atoms with Crippen LogP contribution in [0.5, 0.6) is 0 Å². The van der Waals surface area contributed by atoms with E-state index in [1.54, 1.807) is 5.57 Å². The van der Waals surface area contributed by atoms with Crippen molar-refractivity contribution < 1.29 is 10.2 Å². The Morgan fingerprint density at radius 1 is 0.938 bits per heavy atom. The Balaban J connectivity index is 1.24. The third kappa shape index (κ3) is 3.94. The highest BCUT2D eigenvalue weighted by molar-refractivity contribution is 5.25. The lowest BCUT2D eigenvalue weighted by atomic mass is 9.47. The molecule has 4 fully saturated rings. The number of aliphatic hydroxyl groups is 2. The lowest BCUT2D eigenvalue weighted by molar-refractivity contribution is -0.0581. The van der Waals surface area contributed by atoms with Gasteiger partial charge in [-0.25, -0.2) is 0 Å². The minimum atomic E-state index is -0.0968. The summed E-state index contributed by atoms with van der Waals surface area (Å²) in [7, 11) is 0. The van der Waals surface area contributed by atoms with E-state index in [1.807, 2.05) is 0 Å². The van der Waals surface area contributed by atoms with Gasteiger partial charge in [-0.05, 0) is 123 Å². The predicted octanol–water partition coefficient (Wildman–Crippen LogP) is 7.28. The summed E-state index contributed by atoms with van der Waals surface area (Å²) in [6.07, 6.45) is 21.3. The number of allylic oxidation sites excluding steroid dienone is 1. The first-order chi connectivity index (χ1) is 15.3. The van der Waals surface area contributed by atoms with Crippen LogP contribution < -0.4 is 0 Å². The highest BCUT2D eigenvalue weighted by Gasteiger charge is 2.59. The number of rotatable bonds is 5. The molecule has 0 aromatic heterocycles. The van der Waals surface area contributed by atoms with Crippen LogP contribution in [0.2, 0.25) is 0 Å². The molecule has 5 aliphatic rings. The maximum Gasteiger partial charge on any atom is 0.0577 e. The Kier molecular flexibility index (Phi) is 6.60. The van der Waals surface area contributed by atoms with Crippen molar-refractivity contribution in [2.45, 2.75) is 129 Å². The van der Waals surface area contributed by atoms with E-state index in [9.17, 15) is 10.2 Å². The Labute approximate surface area is 197 Å². The van der Waals surface area contributed by atoms with Crippen LogP contribution in [0.4, 0.5) is 0 Å². The van der Waals surface area contributed by atoms with Crippen molar-refractivity contribution in [3.05, 3.63) is 11.6 Å². The predicted molar refractivity (Wildman–Crippen MR) is 132 cm³/mol. The van der Waals surface area contributed by atoms with Gasteiger partial charge in [0.05, 0.1) is 12.2 Å². The zero-order chi connectivity index (χ0) is 22.5. The summed E-state index contributed by atoms with van der Waals surface area (Å²) in [6, 6.07) is 0. The number of hydrogen-bond donors (Lipinski definition) is 2. The fourth-order valence-electron chi connectivity index (χ4n) is 10.0. The molecule has 32 heavy (non-hydrogen) atoms. The molecule has 2 N–H and O–H groups in total. The molecule has 0 bridgehead atoms. The molecule has 0 saturated heterocycles. The van der Waals surface area contributed by atoms with Gasteiger partial charge in [0.15, 0.2) is 0 Å². The van der Waals surface area contributed by atoms with E-state index >= 15 is 0 Å². The van der Waals surface area contributed by atoms with Gasteiger partial charge in [0, 0.05) is 0 Å². The van der Waals surface area contributed by atoms with Crippen molar-refractivity contribution in [1.29, 1.82) is 0 Å². The Bertz CT molecular complexity index is 693. The highest BCUT2D eigenvalue weighted by Crippen LogP contribution is 2.67. The van der Waals surface area contributed by atoms with Gasteiger partial charge in [-0.3, -0.25) is 0 Å².